The van der Waals surface area contributed by atoms with Gasteiger partial charge in [-0.15, -0.1) is 0 Å². The first kappa shape index (κ1) is 26.3. The molecule has 12 heteroatoms. The number of hydrogen-bond donors (Lipinski definition) is 2. The molecule has 1 heterocycles. The maximum Gasteiger partial charge on any atom is 0.269 e. The van der Waals surface area contributed by atoms with Gasteiger partial charge in [0.15, 0.2) is 0 Å². The molecule has 1 aliphatic rings. The molecular formula is C23H21ClN4O5S2. The number of non-ortho nitro benzene ring substituents is 1. The number of carbonyl (C=O) groups excluding carboxylic acids is 3. The van der Waals surface area contributed by atoms with E-state index in [1.165, 1.54) is 36.0 Å². The van der Waals surface area contributed by atoms with E-state index in [1.807, 2.05) is 12.1 Å². The van der Waals surface area contributed by atoms with Crippen LogP contribution in [0.1, 0.15) is 41.6 Å². The summed E-state index contributed by atoms with van der Waals surface area (Å²) in [5.74, 6) is -1.08. The Morgan fingerprint density at radius 2 is 1.74 bits per heavy atom. The first-order chi connectivity index (χ1) is 16.7. The highest BCUT2D eigenvalue weighted by Crippen LogP contribution is 2.33. The summed E-state index contributed by atoms with van der Waals surface area (Å²) < 4.78 is 0.502. The number of nitro benzene ring substituents is 1. The second-order valence-electron chi connectivity index (χ2n) is 7.50. The number of thiocarbonyl (C=S) groups is 1. The van der Waals surface area contributed by atoms with Crippen molar-refractivity contribution in [2.24, 2.45) is 0 Å². The summed E-state index contributed by atoms with van der Waals surface area (Å²) in [6.45, 7) is 0.459. The minimum absolute atomic E-state index is 0.130. The molecule has 0 unspecified atom stereocenters. The average molecular weight is 533 g/mol. The predicted octanol–water partition coefficient (Wildman–Crippen LogP) is 4.47. The Kier molecular flexibility index (Phi) is 9.35. The molecule has 182 valence electrons. The van der Waals surface area contributed by atoms with Crippen LogP contribution in [0.2, 0.25) is 5.02 Å². The number of thioether (sulfide) groups is 1. The minimum Gasteiger partial charge on any atom is -0.293 e. The molecule has 1 aliphatic heterocycles. The Morgan fingerprint density at radius 1 is 1.06 bits per heavy atom. The smallest absolute Gasteiger partial charge is 0.269 e. The maximum atomic E-state index is 12.7. The Balaban J connectivity index is 1.35. The third kappa shape index (κ3) is 7.61. The number of nitrogens with one attached hydrogen (secondary N) is 2. The molecule has 3 rings (SSSR count). The van der Waals surface area contributed by atoms with Crippen molar-refractivity contribution in [3.05, 3.63) is 79.7 Å². The van der Waals surface area contributed by atoms with Crippen molar-refractivity contribution in [1.29, 1.82) is 0 Å². The van der Waals surface area contributed by atoms with Crippen LogP contribution in [0, 0.1) is 10.1 Å². The molecule has 0 spiro atoms. The highest BCUT2D eigenvalue weighted by Gasteiger charge is 2.31. The van der Waals surface area contributed by atoms with Crippen LogP contribution in [0.5, 0.6) is 0 Å². The van der Waals surface area contributed by atoms with Crippen LogP contribution >= 0.6 is 35.6 Å². The second-order valence-corrected chi connectivity index (χ2v) is 9.61. The fourth-order valence-electron chi connectivity index (χ4n) is 3.13. The van der Waals surface area contributed by atoms with E-state index in [2.05, 4.69) is 10.9 Å². The number of benzene rings is 2. The fourth-order valence-corrected chi connectivity index (χ4v) is 4.57. The van der Waals surface area contributed by atoms with Gasteiger partial charge in [0.2, 0.25) is 5.91 Å². The number of halogens is 1. The fraction of sp³-hybridized carbons (Fsp3) is 0.217. The Hall–Kier alpha value is -3.28. The zero-order chi connectivity index (χ0) is 25.4. The van der Waals surface area contributed by atoms with Gasteiger partial charge in [0, 0.05) is 35.7 Å². The summed E-state index contributed by atoms with van der Waals surface area (Å²) in [6, 6.07) is 12.2. The van der Waals surface area contributed by atoms with Crippen molar-refractivity contribution in [3.8, 4) is 0 Å². The summed E-state index contributed by atoms with van der Waals surface area (Å²) in [5.41, 5.74) is 5.52. The zero-order valence-corrected chi connectivity index (χ0v) is 20.8. The van der Waals surface area contributed by atoms with Gasteiger partial charge in [-0.1, -0.05) is 54.1 Å². The van der Waals surface area contributed by atoms with Crippen LogP contribution in [0.15, 0.2) is 53.4 Å². The summed E-state index contributed by atoms with van der Waals surface area (Å²) in [4.78, 5) is 48.9. The second kappa shape index (κ2) is 12.4. The minimum atomic E-state index is -0.575. The van der Waals surface area contributed by atoms with Gasteiger partial charge in [-0.2, -0.15) is 0 Å². The topological polar surface area (TPSA) is 122 Å². The van der Waals surface area contributed by atoms with Crippen molar-refractivity contribution < 1.29 is 19.3 Å². The van der Waals surface area contributed by atoms with Gasteiger partial charge in [0.25, 0.3) is 17.5 Å². The van der Waals surface area contributed by atoms with Gasteiger partial charge in [-0.3, -0.25) is 40.2 Å². The number of nitro groups is 1. The highest BCUT2D eigenvalue weighted by molar-refractivity contribution is 8.26. The van der Waals surface area contributed by atoms with Gasteiger partial charge >= 0.3 is 0 Å². The van der Waals surface area contributed by atoms with Crippen LogP contribution in [-0.4, -0.2) is 38.4 Å². The number of nitrogens with zero attached hydrogens (tertiary/aromatic N) is 2. The van der Waals surface area contributed by atoms with Gasteiger partial charge in [-0.05, 0) is 48.7 Å². The molecular weight excluding hydrogens is 512 g/mol. The lowest BCUT2D eigenvalue weighted by Gasteiger charge is -2.14. The summed E-state index contributed by atoms with van der Waals surface area (Å²) in [7, 11) is 0. The Morgan fingerprint density at radius 3 is 2.40 bits per heavy atom. The standard InChI is InChI=1S/C23H21ClN4O5S2/c24-17-9-5-15(6-10-17)14-19-22(31)27(23(34)35-19)13-3-1-2-4-20(29)25-26-21(30)16-7-11-18(12-8-16)28(32)33/h5-12,14H,1-4,13H2,(H,25,29)(H,26,30)/b19-14-. The van der Waals surface area contributed by atoms with E-state index in [-0.39, 0.29) is 29.5 Å². The molecule has 0 aromatic heterocycles. The van der Waals surface area contributed by atoms with Crippen molar-refractivity contribution in [1.82, 2.24) is 15.8 Å². The van der Waals surface area contributed by atoms with E-state index < -0.39 is 10.8 Å². The molecule has 2 aromatic carbocycles. The summed E-state index contributed by atoms with van der Waals surface area (Å²) in [5, 5.41) is 11.3. The number of hydrogen-bond acceptors (Lipinski definition) is 7. The lowest BCUT2D eigenvalue weighted by atomic mass is 10.2. The molecule has 9 nitrogen and oxygen atoms in total. The first-order valence-electron chi connectivity index (χ1n) is 10.6. The molecule has 0 radical (unpaired) electrons. The van der Waals surface area contributed by atoms with Gasteiger partial charge in [0.1, 0.15) is 4.32 Å². The molecule has 2 aromatic rings. The van der Waals surface area contributed by atoms with Gasteiger partial charge in [0.05, 0.1) is 9.83 Å². The van der Waals surface area contributed by atoms with Crippen LogP contribution in [0.4, 0.5) is 5.69 Å². The number of carbonyl (C=O) groups is 3. The van der Waals surface area contributed by atoms with E-state index in [4.69, 9.17) is 23.8 Å². The van der Waals surface area contributed by atoms with E-state index in [0.717, 1.165) is 5.56 Å². The normalized spacial score (nSPS) is 14.3. The SMILES string of the molecule is O=C(CCCCCN1C(=O)/C(=C/c2ccc(Cl)cc2)SC1=S)NNC(=O)c1ccc([N+](=O)[O-])cc1. The van der Waals surface area contributed by atoms with Crippen molar-refractivity contribution in [2.75, 3.05) is 6.54 Å². The van der Waals surface area contributed by atoms with E-state index >= 15 is 0 Å². The zero-order valence-electron chi connectivity index (χ0n) is 18.4. The van der Waals surface area contributed by atoms with Crippen molar-refractivity contribution in [3.63, 3.8) is 0 Å². The summed E-state index contributed by atoms with van der Waals surface area (Å²) >= 11 is 12.5. The van der Waals surface area contributed by atoms with Crippen LogP contribution < -0.4 is 10.9 Å². The number of hydrazine groups is 1. The molecule has 2 N–H and O–H groups in total. The third-order valence-corrected chi connectivity index (χ3v) is 6.61. The molecule has 0 saturated carbocycles. The quantitative estimate of drug-likeness (QED) is 0.161. The molecule has 35 heavy (non-hydrogen) atoms. The average Bonchev–Trinajstić information content (AvgIpc) is 3.11. The van der Waals surface area contributed by atoms with Crippen molar-refractivity contribution >= 4 is 69.4 Å². The van der Waals surface area contributed by atoms with E-state index in [1.54, 1.807) is 23.1 Å². The monoisotopic (exact) mass is 532 g/mol. The van der Waals surface area contributed by atoms with E-state index in [9.17, 15) is 24.5 Å². The highest BCUT2D eigenvalue weighted by atomic mass is 35.5. The van der Waals surface area contributed by atoms with Crippen LogP contribution in [-0.2, 0) is 9.59 Å². The molecule has 1 fully saturated rings. The Labute approximate surface area is 216 Å². The lowest BCUT2D eigenvalue weighted by Crippen LogP contribution is -2.41. The van der Waals surface area contributed by atoms with Gasteiger partial charge < -0.3 is 0 Å². The summed E-state index contributed by atoms with van der Waals surface area (Å²) in [6.07, 6.45) is 3.90. The maximum absolute atomic E-state index is 12.7. The molecule has 3 amide bonds. The number of amides is 3. The molecule has 0 aliphatic carbocycles. The first-order valence-corrected chi connectivity index (χ1v) is 12.2. The van der Waals surface area contributed by atoms with Crippen LogP contribution in [0.25, 0.3) is 6.08 Å². The van der Waals surface area contributed by atoms with E-state index in [0.29, 0.717) is 40.1 Å². The van der Waals surface area contributed by atoms with Crippen molar-refractivity contribution in [2.45, 2.75) is 25.7 Å². The van der Waals surface area contributed by atoms with Gasteiger partial charge in [-0.25, -0.2) is 0 Å². The van der Waals surface area contributed by atoms with Crippen LogP contribution in [0.3, 0.4) is 0 Å². The number of rotatable bonds is 9. The Bertz CT molecular complexity index is 1170. The molecule has 0 bridgehead atoms. The molecule has 1 saturated heterocycles. The predicted molar refractivity (Wildman–Crippen MR) is 139 cm³/mol. The number of unbranched alkanes of at least 4 members (excludes halogenated alkanes) is 2. The third-order valence-electron chi connectivity index (χ3n) is 4.98. The largest absolute Gasteiger partial charge is 0.293 e. The lowest BCUT2D eigenvalue weighted by molar-refractivity contribution is -0.384. The molecule has 0 atom stereocenters.